The van der Waals surface area contributed by atoms with E-state index in [9.17, 15) is 28.1 Å². The fourth-order valence-corrected chi connectivity index (χ4v) is 2.68. The summed E-state index contributed by atoms with van der Waals surface area (Å²) in [5, 5.41) is 16.1. The molecule has 0 spiro atoms. The van der Waals surface area contributed by atoms with Crippen LogP contribution in [0.3, 0.4) is 0 Å². The number of hydrogen-bond acceptors (Lipinski definition) is 5. The number of anilines is 3. The molecule has 1 amide bonds. The van der Waals surface area contributed by atoms with Crippen molar-refractivity contribution in [2.45, 2.75) is 6.43 Å². The van der Waals surface area contributed by atoms with Crippen LogP contribution < -0.4 is 15.5 Å². The van der Waals surface area contributed by atoms with Gasteiger partial charge in [-0.2, -0.15) is 0 Å². The molecule has 0 radical (unpaired) electrons. The molecule has 2 N–H and O–H groups in total. The molecule has 28 heavy (non-hydrogen) atoms. The van der Waals surface area contributed by atoms with Crippen molar-refractivity contribution >= 4 is 40.3 Å². The van der Waals surface area contributed by atoms with E-state index in [1.54, 1.807) is 0 Å². The maximum Gasteiger partial charge on any atom is 0.293 e. The zero-order valence-electron chi connectivity index (χ0n) is 14.8. The van der Waals surface area contributed by atoms with E-state index in [1.165, 1.54) is 26.2 Å². The Balaban J connectivity index is 2.51. The lowest BCUT2D eigenvalue weighted by molar-refractivity contribution is -0.383. The molecule has 0 fully saturated rings. The molecule has 0 aliphatic rings. The minimum Gasteiger partial charge on any atom is -0.383 e. The number of nitro benzene ring substituents is 1. The van der Waals surface area contributed by atoms with Gasteiger partial charge in [0.15, 0.2) is 0 Å². The van der Waals surface area contributed by atoms with Crippen LogP contribution in [0.25, 0.3) is 0 Å². The third kappa shape index (κ3) is 4.83. The number of nitrogens with zero attached hydrogens (tertiary/aromatic N) is 2. The third-order valence-corrected chi connectivity index (χ3v) is 4.11. The Bertz CT molecular complexity index is 911. The van der Waals surface area contributed by atoms with Crippen molar-refractivity contribution in [2.24, 2.45) is 0 Å². The van der Waals surface area contributed by atoms with Gasteiger partial charge in [0.05, 0.1) is 27.7 Å². The Kier molecular flexibility index (Phi) is 6.68. The zero-order valence-corrected chi connectivity index (χ0v) is 15.6. The number of carbonyl (C=O) groups excluding carboxylic acids is 1. The molecule has 0 heterocycles. The highest BCUT2D eigenvalue weighted by Crippen LogP contribution is 2.34. The number of amides is 1. The molecule has 0 atom stereocenters. The summed E-state index contributed by atoms with van der Waals surface area (Å²) in [5.41, 5.74) is -0.351. The van der Waals surface area contributed by atoms with Gasteiger partial charge in [0.1, 0.15) is 11.5 Å². The second-order valence-electron chi connectivity index (χ2n) is 5.75. The van der Waals surface area contributed by atoms with Gasteiger partial charge in [0.2, 0.25) is 0 Å². The Morgan fingerprint density at radius 2 is 2.00 bits per heavy atom. The molecule has 2 rings (SSSR count). The van der Waals surface area contributed by atoms with Crippen LogP contribution in [0.2, 0.25) is 5.02 Å². The highest BCUT2D eigenvalue weighted by atomic mass is 35.5. The Morgan fingerprint density at radius 3 is 2.54 bits per heavy atom. The Morgan fingerprint density at radius 1 is 1.32 bits per heavy atom. The zero-order chi connectivity index (χ0) is 21.0. The molecule has 0 saturated heterocycles. The molecule has 0 bridgehead atoms. The lowest BCUT2D eigenvalue weighted by Crippen LogP contribution is -2.27. The SMILES string of the molecule is CNc1cc(N(C)CC(F)F)c(C(=O)Nc2ccc(F)c(Cl)c2)cc1[N+](=O)[O-]. The third-order valence-electron chi connectivity index (χ3n) is 3.83. The van der Waals surface area contributed by atoms with E-state index in [4.69, 9.17) is 11.6 Å². The predicted molar refractivity (Wildman–Crippen MR) is 101 cm³/mol. The number of rotatable bonds is 7. The van der Waals surface area contributed by atoms with Crippen LogP contribution in [0, 0.1) is 15.9 Å². The first-order valence-electron chi connectivity index (χ1n) is 7.90. The summed E-state index contributed by atoms with van der Waals surface area (Å²) in [5.74, 6) is -1.49. The van der Waals surface area contributed by atoms with E-state index in [2.05, 4.69) is 10.6 Å². The Labute approximate surface area is 163 Å². The van der Waals surface area contributed by atoms with Gasteiger partial charge in [-0.25, -0.2) is 13.2 Å². The molecular weight excluding hydrogens is 401 g/mol. The number of benzene rings is 2. The van der Waals surface area contributed by atoms with Crippen molar-refractivity contribution in [3.05, 3.63) is 56.8 Å². The molecule has 150 valence electrons. The van der Waals surface area contributed by atoms with E-state index in [0.29, 0.717) is 0 Å². The van der Waals surface area contributed by atoms with E-state index in [-0.39, 0.29) is 27.6 Å². The molecule has 0 aliphatic carbocycles. The molecule has 11 heteroatoms. The summed E-state index contributed by atoms with van der Waals surface area (Å²) < 4.78 is 38.9. The van der Waals surface area contributed by atoms with Crippen molar-refractivity contribution in [3.8, 4) is 0 Å². The van der Waals surface area contributed by atoms with Gasteiger partial charge in [-0.05, 0) is 24.3 Å². The summed E-state index contributed by atoms with van der Waals surface area (Å²) in [7, 11) is 2.76. The van der Waals surface area contributed by atoms with Crippen LogP contribution in [0.1, 0.15) is 10.4 Å². The fraction of sp³-hybridized carbons (Fsp3) is 0.235. The van der Waals surface area contributed by atoms with Gasteiger partial charge in [0, 0.05) is 25.8 Å². The smallest absolute Gasteiger partial charge is 0.293 e. The molecule has 0 saturated carbocycles. The average molecular weight is 417 g/mol. The van der Waals surface area contributed by atoms with Gasteiger partial charge < -0.3 is 15.5 Å². The van der Waals surface area contributed by atoms with Crippen molar-refractivity contribution in [1.82, 2.24) is 0 Å². The van der Waals surface area contributed by atoms with Gasteiger partial charge in [-0.1, -0.05) is 11.6 Å². The molecule has 0 aliphatic heterocycles. The van der Waals surface area contributed by atoms with Gasteiger partial charge in [-0.15, -0.1) is 0 Å². The summed E-state index contributed by atoms with van der Waals surface area (Å²) >= 11 is 5.67. The van der Waals surface area contributed by atoms with E-state index in [1.807, 2.05) is 0 Å². The van der Waals surface area contributed by atoms with Crippen molar-refractivity contribution in [2.75, 3.05) is 36.2 Å². The number of nitrogens with one attached hydrogen (secondary N) is 2. The van der Waals surface area contributed by atoms with Crippen molar-refractivity contribution in [1.29, 1.82) is 0 Å². The maximum absolute atomic E-state index is 13.3. The number of nitro groups is 1. The fourth-order valence-electron chi connectivity index (χ4n) is 2.50. The lowest BCUT2D eigenvalue weighted by atomic mass is 10.1. The number of hydrogen-bond donors (Lipinski definition) is 2. The largest absolute Gasteiger partial charge is 0.383 e. The van der Waals surface area contributed by atoms with Crippen molar-refractivity contribution < 1.29 is 22.9 Å². The highest BCUT2D eigenvalue weighted by Gasteiger charge is 2.24. The lowest BCUT2D eigenvalue weighted by Gasteiger charge is -2.22. The van der Waals surface area contributed by atoms with E-state index >= 15 is 0 Å². The van der Waals surface area contributed by atoms with Gasteiger partial charge in [-0.3, -0.25) is 14.9 Å². The minimum atomic E-state index is -2.69. The van der Waals surface area contributed by atoms with Gasteiger partial charge in [0.25, 0.3) is 18.0 Å². The monoisotopic (exact) mass is 416 g/mol. The van der Waals surface area contributed by atoms with Crippen LogP contribution in [-0.2, 0) is 0 Å². The maximum atomic E-state index is 13.3. The first kappa shape index (κ1) is 21.3. The second kappa shape index (κ2) is 8.79. The molecule has 0 aromatic heterocycles. The van der Waals surface area contributed by atoms with Crippen LogP contribution in [0.5, 0.6) is 0 Å². The van der Waals surface area contributed by atoms with Crippen LogP contribution >= 0.6 is 11.6 Å². The summed E-state index contributed by atoms with van der Waals surface area (Å²) in [6.07, 6.45) is -2.69. The molecular formula is C17H16ClF3N4O3. The summed E-state index contributed by atoms with van der Waals surface area (Å²) in [6, 6.07) is 5.68. The molecule has 2 aromatic carbocycles. The van der Waals surface area contributed by atoms with Gasteiger partial charge >= 0.3 is 0 Å². The minimum absolute atomic E-state index is 0.0564. The van der Waals surface area contributed by atoms with Crippen LogP contribution in [-0.4, -0.2) is 37.9 Å². The van der Waals surface area contributed by atoms with Crippen LogP contribution in [0.15, 0.2) is 30.3 Å². The molecule has 0 unspecified atom stereocenters. The van der Waals surface area contributed by atoms with E-state index in [0.717, 1.165) is 23.1 Å². The first-order valence-corrected chi connectivity index (χ1v) is 8.27. The summed E-state index contributed by atoms with van der Waals surface area (Å²) in [4.78, 5) is 24.4. The van der Waals surface area contributed by atoms with Crippen molar-refractivity contribution in [3.63, 3.8) is 0 Å². The predicted octanol–water partition coefficient (Wildman–Crippen LogP) is 4.38. The molecule has 7 nitrogen and oxygen atoms in total. The average Bonchev–Trinajstić information content (AvgIpc) is 2.62. The quantitative estimate of drug-likeness (QED) is 0.516. The standard InChI is InChI=1S/C17H16ClF3N4O3/c1-22-13-7-14(24(2)8-16(20)21)10(6-15(13)25(27)28)17(26)23-9-3-4-12(19)11(18)5-9/h3-7,16,22H,8H2,1-2H3,(H,23,26). The second-order valence-corrected chi connectivity index (χ2v) is 6.16. The number of halogens is 4. The Hall–Kier alpha value is -3.01. The first-order chi connectivity index (χ1) is 13.1. The topological polar surface area (TPSA) is 87.5 Å². The molecule has 2 aromatic rings. The van der Waals surface area contributed by atoms with Crippen LogP contribution in [0.4, 0.5) is 35.9 Å². The number of carbonyl (C=O) groups is 1. The normalized spacial score (nSPS) is 10.7. The number of alkyl halides is 2. The van der Waals surface area contributed by atoms with E-state index < -0.39 is 35.3 Å². The summed E-state index contributed by atoms with van der Waals surface area (Å²) in [6.45, 7) is -0.691. The highest BCUT2D eigenvalue weighted by molar-refractivity contribution is 6.31.